The van der Waals surface area contributed by atoms with Crippen LogP contribution in [0.1, 0.15) is 24.9 Å². The van der Waals surface area contributed by atoms with Gasteiger partial charge >= 0.3 is 6.03 Å². The Labute approximate surface area is 147 Å². The first kappa shape index (κ1) is 18.3. The van der Waals surface area contributed by atoms with Crippen LogP contribution in [-0.2, 0) is 0 Å². The summed E-state index contributed by atoms with van der Waals surface area (Å²) in [5.74, 6) is 0.691. The molecule has 1 aromatic heterocycles. The smallest absolute Gasteiger partial charge is 0.319 e. The van der Waals surface area contributed by atoms with Crippen molar-refractivity contribution in [2.24, 2.45) is 0 Å². The number of urea groups is 1. The highest BCUT2D eigenvalue weighted by Gasteiger charge is 2.16. The van der Waals surface area contributed by atoms with Crippen molar-refractivity contribution in [2.45, 2.75) is 19.4 Å². The predicted molar refractivity (Wildman–Crippen MR) is 100.0 cm³/mol. The number of thiophene rings is 1. The summed E-state index contributed by atoms with van der Waals surface area (Å²) in [5, 5.41) is 9.97. The lowest BCUT2D eigenvalue weighted by Crippen LogP contribution is -2.36. The summed E-state index contributed by atoms with van der Waals surface area (Å²) in [5.41, 5.74) is 1.89. The first-order chi connectivity index (χ1) is 11.6. The molecule has 0 aliphatic heterocycles. The molecule has 2 amide bonds. The molecule has 6 heteroatoms. The first-order valence-electron chi connectivity index (χ1n) is 8.07. The molecule has 0 aliphatic rings. The quantitative estimate of drug-likeness (QED) is 0.760. The average molecular weight is 347 g/mol. The Bertz CT molecular complexity index is 629. The Kier molecular flexibility index (Phi) is 7.08. The summed E-state index contributed by atoms with van der Waals surface area (Å²) in [6, 6.07) is 9.47. The van der Waals surface area contributed by atoms with E-state index in [4.69, 9.17) is 4.74 Å². The first-order valence-corrected chi connectivity index (χ1v) is 9.01. The fraction of sp³-hybridized carbons (Fsp3) is 0.389. The van der Waals surface area contributed by atoms with E-state index in [1.165, 1.54) is 5.56 Å². The number of carbonyl (C=O) groups is 1. The molecule has 130 valence electrons. The molecule has 0 radical (unpaired) electrons. The van der Waals surface area contributed by atoms with Crippen molar-refractivity contribution in [3.8, 4) is 5.75 Å². The summed E-state index contributed by atoms with van der Waals surface area (Å²) in [6.07, 6.45) is 0.922. The van der Waals surface area contributed by atoms with Crippen molar-refractivity contribution >= 4 is 23.1 Å². The molecule has 0 bridgehead atoms. The molecule has 0 saturated carbocycles. The second kappa shape index (κ2) is 9.30. The third kappa shape index (κ3) is 5.25. The highest BCUT2D eigenvalue weighted by molar-refractivity contribution is 7.07. The van der Waals surface area contributed by atoms with Crippen molar-refractivity contribution in [2.75, 3.05) is 32.6 Å². The summed E-state index contributed by atoms with van der Waals surface area (Å²) in [7, 11) is 4.02. The van der Waals surface area contributed by atoms with Gasteiger partial charge in [-0.2, -0.15) is 11.3 Å². The monoisotopic (exact) mass is 347 g/mol. The maximum Gasteiger partial charge on any atom is 0.319 e. The van der Waals surface area contributed by atoms with Crippen LogP contribution in [0, 0.1) is 0 Å². The average Bonchev–Trinajstić information content (AvgIpc) is 3.08. The predicted octanol–water partition coefficient (Wildman–Crippen LogP) is 3.96. The summed E-state index contributed by atoms with van der Waals surface area (Å²) in [6.45, 7) is 3.21. The number of likely N-dealkylation sites (N-methyl/N-ethyl adjacent to an activating group) is 1. The molecule has 0 fully saturated rings. The molecule has 2 rings (SSSR count). The number of nitrogens with one attached hydrogen (secondary N) is 2. The van der Waals surface area contributed by atoms with Gasteiger partial charge in [0.2, 0.25) is 0 Å². The number of carbonyl (C=O) groups excluding carboxylic acids is 1. The Hall–Kier alpha value is -2.05. The molecule has 5 nitrogen and oxygen atoms in total. The zero-order chi connectivity index (χ0) is 17.4. The molecular weight excluding hydrogens is 322 g/mol. The highest BCUT2D eigenvalue weighted by Crippen LogP contribution is 2.24. The minimum atomic E-state index is -0.232. The third-order valence-electron chi connectivity index (χ3n) is 3.60. The van der Waals surface area contributed by atoms with E-state index >= 15 is 0 Å². The number of rotatable bonds is 8. The Balaban J connectivity index is 1.93. The normalized spacial score (nSPS) is 12.0. The van der Waals surface area contributed by atoms with Crippen molar-refractivity contribution in [3.05, 3.63) is 46.7 Å². The molecule has 0 spiro atoms. The van der Waals surface area contributed by atoms with Gasteiger partial charge in [0.1, 0.15) is 5.75 Å². The van der Waals surface area contributed by atoms with Gasteiger partial charge in [-0.15, -0.1) is 0 Å². The summed E-state index contributed by atoms with van der Waals surface area (Å²) < 4.78 is 5.66. The number of benzene rings is 1. The summed E-state index contributed by atoms with van der Waals surface area (Å²) in [4.78, 5) is 14.3. The van der Waals surface area contributed by atoms with E-state index in [9.17, 15) is 4.79 Å². The molecule has 1 aromatic carbocycles. The van der Waals surface area contributed by atoms with Gasteiger partial charge in [-0.3, -0.25) is 0 Å². The van der Waals surface area contributed by atoms with Crippen LogP contribution in [0.3, 0.4) is 0 Å². The zero-order valence-electron chi connectivity index (χ0n) is 14.4. The van der Waals surface area contributed by atoms with Crippen LogP contribution in [0.5, 0.6) is 5.75 Å². The molecule has 24 heavy (non-hydrogen) atoms. The van der Waals surface area contributed by atoms with Crippen LogP contribution >= 0.6 is 11.3 Å². The molecule has 2 N–H and O–H groups in total. The molecule has 1 heterocycles. The lowest BCUT2D eigenvalue weighted by Gasteiger charge is -2.24. The third-order valence-corrected chi connectivity index (χ3v) is 4.31. The van der Waals surface area contributed by atoms with Crippen molar-refractivity contribution in [3.63, 3.8) is 0 Å². The topological polar surface area (TPSA) is 53.6 Å². The molecule has 1 unspecified atom stereocenters. The van der Waals surface area contributed by atoms with Gasteiger partial charge in [-0.25, -0.2) is 4.79 Å². The molecular formula is C18H25N3O2S. The van der Waals surface area contributed by atoms with Gasteiger partial charge in [-0.1, -0.05) is 19.1 Å². The zero-order valence-corrected chi connectivity index (χ0v) is 15.2. The van der Waals surface area contributed by atoms with E-state index in [0.717, 1.165) is 6.42 Å². The largest absolute Gasteiger partial charge is 0.491 e. The number of hydrogen-bond acceptors (Lipinski definition) is 4. The lowest BCUT2D eigenvalue weighted by atomic mass is 10.1. The number of ether oxygens (including phenoxy) is 1. The number of para-hydroxylation sites is 2. The van der Waals surface area contributed by atoms with Crippen molar-refractivity contribution in [1.29, 1.82) is 0 Å². The van der Waals surface area contributed by atoms with Crippen LogP contribution in [0.2, 0.25) is 0 Å². The van der Waals surface area contributed by atoms with Crippen LogP contribution in [-0.4, -0.2) is 38.2 Å². The Morgan fingerprint density at radius 1 is 1.29 bits per heavy atom. The van der Waals surface area contributed by atoms with Gasteiger partial charge < -0.3 is 20.3 Å². The van der Waals surface area contributed by atoms with Gasteiger partial charge in [0.05, 0.1) is 18.3 Å². The van der Waals surface area contributed by atoms with Crippen LogP contribution < -0.4 is 15.4 Å². The second-order valence-electron chi connectivity index (χ2n) is 5.72. The highest BCUT2D eigenvalue weighted by atomic mass is 32.1. The fourth-order valence-electron chi connectivity index (χ4n) is 2.33. The number of anilines is 1. The van der Waals surface area contributed by atoms with Crippen molar-refractivity contribution in [1.82, 2.24) is 10.2 Å². The van der Waals surface area contributed by atoms with Crippen LogP contribution in [0.4, 0.5) is 10.5 Å². The van der Waals surface area contributed by atoms with E-state index in [1.54, 1.807) is 11.3 Å². The minimum absolute atomic E-state index is 0.147. The van der Waals surface area contributed by atoms with Crippen molar-refractivity contribution < 1.29 is 9.53 Å². The summed E-state index contributed by atoms with van der Waals surface area (Å²) >= 11 is 1.66. The van der Waals surface area contributed by atoms with Gasteiger partial charge in [0, 0.05) is 6.54 Å². The molecule has 2 aromatic rings. The fourth-order valence-corrected chi connectivity index (χ4v) is 3.03. The van der Waals surface area contributed by atoms with Crippen LogP contribution in [0.15, 0.2) is 41.1 Å². The van der Waals surface area contributed by atoms with E-state index < -0.39 is 0 Å². The molecule has 1 atom stereocenters. The Morgan fingerprint density at radius 3 is 2.75 bits per heavy atom. The molecule has 0 saturated heterocycles. The Morgan fingerprint density at radius 2 is 2.08 bits per heavy atom. The SMILES string of the molecule is CCCOc1ccccc1NC(=O)NCC(c1ccsc1)N(C)C. The van der Waals surface area contributed by atoms with Gasteiger partial charge in [-0.05, 0) is 55.0 Å². The number of amides is 2. The number of hydrogen-bond donors (Lipinski definition) is 2. The lowest BCUT2D eigenvalue weighted by molar-refractivity contribution is 0.243. The van der Waals surface area contributed by atoms with E-state index in [1.807, 2.05) is 43.7 Å². The maximum atomic E-state index is 12.2. The van der Waals surface area contributed by atoms with Gasteiger partial charge in [0.25, 0.3) is 0 Å². The molecule has 0 aliphatic carbocycles. The number of nitrogens with zero attached hydrogens (tertiary/aromatic N) is 1. The standard InChI is InChI=1S/C18H25N3O2S/c1-4-10-23-17-8-6-5-7-15(17)20-18(22)19-12-16(21(2)3)14-9-11-24-13-14/h5-9,11,13,16H,4,10,12H2,1-3H3,(H2,19,20,22). The van der Waals surface area contributed by atoms with E-state index in [-0.39, 0.29) is 12.1 Å². The minimum Gasteiger partial charge on any atom is -0.491 e. The van der Waals surface area contributed by atoms with Gasteiger partial charge in [0.15, 0.2) is 0 Å². The van der Waals surface area contributed by atoms with E-state index in [2.05, 4.69) is 33.9 Å². The second-order valence-corrected chi connectivity index (χ2v) is 6.50. The van der Waals surface area contributed by atoms with Crippen LogP contribution in [0.25, 0.3) is 0 Å². The maximum absolute atomic E-state index is 12.2. The van der Waals surface area contributed by atoms with E-state index in [0.29, 0.717) is 24.6 Å².